The number of benzene rings is 1. The first-order valence-electron chi connectivity index (χ1n) is 4.12. The van der Waals surface area contributed by atoms with Gasteiger partial charge in [0.15, 0.2) is 0 Å². The minimum Gasteiger partial charge on any atom is -0.199 e. The number of hydrogen-bond donors (Lipinski definition) is 0. The summed E-state index contributed by atoms with van der Waals surface area (Å²) in [5, 5.41) is 3.71. The number of hydrogen-bond acceptors (Lipinski definition) is 3. The maximum Gasteiger partial charge on any atom is 0.284 e. The van der Waals surface area contributed by atoms with Crippen LogP contribution >= 0.6 is 15.9 Å². The topological polar surface area (TPSA) is 52.0 Å². The molecule has 1 aromatic heterocycles. The molecule has 6 heteroatoms. The summed E-state index contributed by atoms with van der Waals surface area (Å²) < 4.78 is 25.4. The third-order valence-electron chi connectivity index (χ3n) is 1.84. The highest BCUT2D eigenvalue weighted by Gasteiger charge is 2.19. The summed E-state index contributed by atoms with van der Waals surface area (Å²) in [5.74, 6) is 0. The molecular formula is C9H7BrN2O2S. The second-order valence-electron chi connectivity index (χ2n) is 2.81. The third kappa shape index (κ3) is 1.82. The van der Waals surface area contributed by atoms with E-state index in [-0.39, 0.29) is 4.90 Å². The number of aromatic nitrogens is 2. The number of nitrogens with zero attached hydrogens (tertiary/aromatic N) is 2. The molecule has 1 aromatic carbocycles. The maximum absolute atomic E-state index is 12.0. The predicted molar refractivity (Wildman–Crippen MR) is 59.0 cm³/mol. The molecule has 0 saturated carbocycles. The van der Waals surface area contributed by atoms with Crippen molar-refractivity contribution in [3.8, 4) is 0 Å². The molecule has 2 rings (SSSR count). The van der Waals surface area contributed by atoms with E-state index in [2.05, 4.69) is 21.0 Å². The van der Waals surface area contributed by atoms with Gasteiger partial charge in [-0.1, -0.05) is 12.1 Å². The summed E-state index contributed by atoms with van der Waals surface area (Å²) in [6.07, 6.45) is 2.82. The summed E-state index contributed by atoms with van der Waals surface area (Å²) in [6, 6.07) is 8.19. The van der Waals surface area contributed by atoms with Gasteiger partial charge in [0.1, 0.15) is 4.90 Å². The van der Waals surface area contributed by atoms with Crippen molar-refractivity contribution in [1.82, 2.24) is 9.19 Å². The Bertz CT molecular complexity index is 564. The summed E-state index contributed by atoms with van der Waals surface area (Å²) >= 11 is 3.20. The quantitative estimate of drug-likeness (QED) is 0.847. The Kier molecular flexibility index (Phi) is 2.62. The second kappa shape index (κ2) is 3.79. The van der Waals surface area contributed by atoms with Gasteiger partial charge >= 0.3 is 0 Å². The van der Waals surface area contributed by atoms with Crippen LogP contribution < -0.4 is 0 Å². The van der Waals surface area contributed by atoms with Gasteiger partial charge < -0.3 is 0 Å². The van der Waals surface area contributed by atoms with Crippen LogP contribution in [0.25, 0.3) is 0 Å². The minimum absolute atomic E-state index is 0.203. The Hall–Kier alpha value is -1.14. The largest absolute Gasteiger partial charge is 0.284 e. The van der Waals surface area contributed by atoms with Crippen LogP contribution in [0.4, 0.5) is 0 Å². The van der Waals surface area contributed by atoms with Crippen molar-refractivity contribution in [2.75, 3.05) is 0 Å². The van der Waals surface area contributed by atoms with E-state index in [0.717, 1.165) is 4.09 Å². The van der Waals surface area contributed by atoms with E-state index >= 15 is 0 Å². The first-order chi connectivity index (χ1) is 7.12. The summed E-state index contributed by atoms with van der Waals surface area (Å²) in [5.41, 5.74) is 0. The summed E-state index contributed by atoms with van der Waals surface area (Å²) in [7, 11) is -3.57. The molecular weight excluding hydrogens is 280 g/mol. The first-order valence-corrected chi connectivity index (χ1v) is 6.35. The predicted octanol–water partition coefficient (Wildman–Crippen LogP) is 1.88. The van der Waals surface area contributed by atoms with Crippen molar-refractivity contribution in [3.05, 3.63) is 47.2 Å². The smallest absolute Gasteiger partial charge is 0.199 e. The van der Waals surface area contributed by atoms with Crippen LogP contribution in [-0.4, -0.2) is 17.6 Å². The van der Waals surface area contributed by atoms with Crippen molar-refractivity contribution in [1.29, 1.82) is 0 Å². The van der Waals surface area contributed by atoms with Gasteiger partial charge in [0.2, 0.25) is 0 Å². The van der Waals surface area contributed by atoms with Gasteiger partial charge in [-0.15, -0.1) is 0 Å². The molecule has 0 amide bonds. The molecule has 0 saturated heterocycles. The number of halogens is 1. The van der Waals surface area contributed by atoms with Crippen LogP contribution in [0.15, 0.2) is 52.1 Å². The van der Waals surface area contributed by atoms with E-state index in [4.69, 9.17) is 0 Å². The van der Waals surface area contributed by atoms with Gasteiger partial charge in [-0.25, -0.2) is 0 Å². The Morgan fingerprint density at radius 3 is 2.53 bits per heavy atom. The van der Waals surface area contributed by atoms with Crippen LogP contribution in [-0.2, 0) is 10.0 Å². The van der Waals surface area contributed by atoms with Crippen molar-refractivity contribution in [2.24, 2.45) is 0 Å². The monoisotopic (exact) mass is 286 g/mol. The van der Waals surface area contributed by atoms with E-state index in [0.29, 0.717) is 4.47 Å². The van der Waals surface area contributed by atoms with E-state index in [1.807, 2.05) is 0 Å². The van der Waals surface area contributed by atoms with E-state index in [1.54, 1.807) is 24.3 Å². The lowest BCUT2D eigenvalue weighted by Crippen LogP contribution is -2.13. The summed E-state index contributed by atoms with van der Waals surface area (Å²) in [6.45, 7) is 0. The second-order valence-corrected chi connectivity index (χ2v) is 5.43. The van der Waals surface area contributed by atoms with Crippen LogP contribution in [0.2, 0.25) is 0 Å². The zero-order valence-corrected chi connectivity index (χ0v) is 9.94. The van der Waals surface area contributed by atoms with E-state index < -0.39 is 10.0 Å². The Labute approximate surface area is 95.7 Å². The lowest BCUT2D eigenvalue weighted by atomic mass is 10.4. The molecule has 1 heterocycles. The molecule has 0 radical (unpaired) electrons. The Morgan fingerprint density at radius 2 is 1.93 bits per heavy atom. The van der Waals surface area contributed by atoms with Crippen LogP contribution in [0.1, 0.15) is 0 Å². The lowest BCUT2D eigenvalue weighted by Gasteiger charge is -2.05. The zero-order chi connectivity index (χ0) is 10.9. The molecule has 78 valence electrons. The first kappa shape index (κ1) is 10.4. The molecule has 0 bridgehead atoms. The normalized spacial score (nSPS) is 11.5. The highest BCUT2D eigenvalue weighted by molar-refractivity contribution is 9.10. The molecule has 0 N–H and O–H groups in total. The zero-order valence-electron chi connectivity index (χ0n) is 7.54. The minimum atomic E-state index is -3.57. The van der Waals surface area contributed by atoms with Gasteiger partial charge in [-0.05, 0) is 34.1 Å². The number of rotatable bonds is 2. The van der Waals surface area contributed by atoms with Crippen molar-refractivity contribution in [2.45, 2.75) is 4.90 Å². The van der Waals surface area contributed by atoms with Crippen LogP contribution in [0.5, 0.6) is 0 Å². The molecule has 0 aliphatic rings. The van der Waals surface area contributed by atoms with Gasteiger partial charge in [-0.2, -0.15) is 17.6 Å². The Morgan fingerprint density at radius 1 is 1.20 bits per heavy atom. The SMILES string of the molecule is O=S(=O)(c1ccccc1Br)n1cccn1. The molecule has 0 aliphatic carbocycles. The van der Waals surface area contributed by atoms with Gasteiger partial charge in [-0.3, -0.25) is 0 Å². The fraction of sp³-hybridized carbons (Fsp3) is 0. The lowest BCUT2D eigenvalue weighted by molar-refractivity contribution is 0.579. The van der Waals surface area contributed by atoms with Gasteiger partial charge in [0.05, 0.1) is 6.20 Å². The standard InChI is InChI=1S/C9H7BrN2O2S/c10-8-4-1-2-5-9(8)15(13,14)12-7-3-6-11-12/h1-7H. The highest BCUT2D eigenvalue weighted by Crippen LogP contribution is 2.22. The average Bonchev–Trinajstić information content (AvgIpc) is 2.71. The molecule has 15 heavy (non-hydrogen) atoms. The summed E-state index contributed by atoms with van der Waals surface area (Å²) in [4.78, 5) is 0.203. The fourth-order valence-corrected chi connectivity index (χ4v) is 3.23. The van der Waals surface area contributed by atoms with Crippen molar-refractivity contribution in [3.63, 3.8) is 0 Å². The van der Waals surface area contributed by atoms with Gasteiger partial charge in [0.25, 0.3) is 10.0 Å². The fourth-order valence-electron chi connectivity index (χ4n) is 1.15. The average molecular weight is 287 g/mol. The van der Waals surface area contributed by atoms with Crippen molar-refractivity contribution >= 4 is 26.0 Å². The molecule has 0 fully saturated rings. The molecule has 0 unspecified atom stereocenters. The highest BCUT2D eigenvalue weighted by atomic mass is 79.9. The molecule has 2 aromatic rings. The molecule has 4 nitrogen and oxygen atoms in total. The maximum atomic E-state index is 12.0. The van der Waals surface area contributed by atoms with Crippen LogP contribution in [0.3, 0.4) is 0 Å². The molecule has 0 atom stereocenters. The molecule has 0 spiro atoms. The Balaban J connectivity index is 2.62. The van der Waals surface area contributed by atoms with Crippen molar-refractivity contribution < 1.29 is 8.42 Å². The van der Waals surface area contributed by atoms with E-state index in [1.165, 1.54) is 18.5 Å². The molecule has 0 aliphatic heterocycles. The van der Waals surface area contributed by atoms with Gasteiger partial charge in [0, 0.05) is 10.7 Å². The van der Waals surface area contributed by atoms with Crippen LogP contribution in [0, 0.1) is 0 Å². The third-order valence-corrected chi connectivity index (χ3v) is 4.42. The van der Waals surface area contributed by atoms with E-state index in [9.17, 15) is 8.42 Å².